The van der Waals surface area contributed by atoms with Gasteiger partial charge in [0, 0.05) is 16.1 Å². The highest BCUT2D eigenvalue weighted by Gasteiger charge is 2.16. The molecule has 3 aromatic rings. The fourth-order valence-electron chi connectivity index (χ4n) is 2.21. The van der Waals surface area contributed by atoms with Crippen molar-refractivity contribution in [3.8, 4) is 0 Å². The summed E-state index contributed by atoms with van der Waals surface area (Å²) in [6.07, 6.45) is 0. The maximum Gasteiger partial charge on any atom is 0.359 e. The van der Waals surface area contributed by atoms with Crippen LogP contribution in [0.5, 0.6) is 0 Å². The quantitative estimate of drug-likeness (QED) is 0.691. The standard InChI is InChI=1S/C16H11Cl2N3O3/c1-24-16(23)14-11-7-9(3-5-13(11)20-21-14)19-15(22)10-6-8(17)2-4-12(10)18/h2-7H,1H3,(H,19,22)(H,20,21). The van der Waals surface area contributed by atoms with Crippen LogP contribution >= 0.6 is 23.2 Å². The van der Waals surface area contributed by atoms with Gasteiger partial charge in [-0.15, -0.1) is 0 Å². The van der Waals surface area contributed by atoms with Gasteiger partial charge >= 0.3 is 5.97 Å². The number of H-pyrrole nitrogens is 1. The summed E-state index contributed by atoms with van der Waals surface area (Å²) in [5, 5.41) is 10.6. The molecular formula is C16H11Cl2N3O3. The molecule has 0 saturated carbocycles. The van der Waals surface area contributed by atoms with E-state index in [2.05, 4.69) is 20.3 Å². The highest BCUT2D eigenvalue weighted by Crippen LogP contribution is 2.24. The largest absolute Gasteiger partial charge is 0.464 e. The number of benzene rings is 2. The van der Waals surface area contributed by atoms with Gasteiger partial charge in [0.2, 0.25) is 0 Å². The fourth-order valence-corrected chi connectivity index (χ4v) is 2.59. The van der Waals surface area contributed by atoms with Gasteiger partial charge < -0.3 is 10.1 Å². The Morgan fingerprint density at radius 1 is 1.17 bits per heavy atom. The lowest BCUT2D eigenvalue weighted by Gasteiger charge is -2.07. The molecule has 1 aromatic heterocycles. The van der Waals surface area contributed by atoms with Crippen LogP contribution in [-0.2, 0) is 4.74 Å². The monoisotopic (exact) mass is 363 g/mol. The van der Waals surface area contributed by atoms with Crippen molar-refractivity contribution in [1.82, 2.24) is 10.2 Å². The number of methoxy groups -OCH3 is 1. The van der Waals surface area contributed by atoms with Crippen LogP contribution in [0, 0.1) is 0 Å². The molecule has 6 nitrogen and oxygen atoms in total. The second-order valence-electron chi connectivity index (χ2n) is 4.90. The first-order chi connectivity index (χ1) is 11.5. The summed E-state index contributed by atoms with van der Waals surface area (Å²) < 4.78 is 4.68. The third-order valence-corrected chi connectivity index (χ3v) is 3.94. The van der Waals surface area contributed by atoms with Crippen molar-refractivity contribution < 1.29 is 14.3 Å². The Kier molecular flexibility index (Phi) is 4.42. The normalized spacial score (nSPS) is 10.6. The van der Waals surface area contributed by atoms with Crippen LogP contribution in [0.1, 0.15) is 20.8 Å². The number of anilines is 1. The number of carbonyl (C=O) groups is 2. The third-order valence-electron chi connectivity index (χ3n) is 3.37. The zero-order valence-electron chi connectivity index (χ0n) is 12.4. The number of carbonyl (C=O) groups excluding carboxylic acids is 2. The minimum Gasteiger partial charge on any atom is -0.464 e. The molecule has 24 heavy (non-hydrogen) atoms. The maximum atomic E-state index is 12.4. The Morgan fingerprint density at radius 2 is 1.96 bits per heavy atom. The van der Waals surface area contributed by atoms with Crippen LogP contribution < -0.4 is 5.32 Å². The van der Waals surface area contributed by atoms with E-state index in [4.69, 9.17) is 23.2 Å². The molecule has 0 spiro atoms. The lowest BCUT2D eigenvalue weighted by Crippen LogP contribution is -2.12. The average molecular weight is 364 g/mol. The van der Waals surface area contributed by atoms with Crippen LogP contribution in [0.3, 0.4) is 0 Å². The van der Waals surface area contributed by atoms with Crippen molar-refractivity contribution >= 4 is 51.7 Å². The summed E-state index contributed by atoms with van der Waals surface area (Å²) in [5.74, 6) is -0.979. The Balaban J connectivity index is 1.94. The molecule has 0 radical (unpaired) electrons. The molecule has 0 saturated heterocycles. The predicted octanol–water partition coefficient (Wildman–Crippen LogP) is 3.91. The van der Waals surface area contributed by atoms with Gasteiger partial charge in [0.1, 0.15) is 0 Å². The molecular weight excluding hydrogens is 353 g/mol. The number of ether oxygens (including phenoxy) is 1. The van der Waals surface area contributed by atoms with E-state index in [0.717, 1.165) is 0 Å². The van der Waals surface area contributed by atoms with Gasteiger partial charge in [-0.2, -0.15) is 5.10 Å². The summed E-state index contributed by atoms with van der Waals surface area (Å²) in [4.78, 5) is 24.1. The van der Waals surface area contributed by atoms with E-state index in [0.29, 0.717) is 21.6 Å². The number of nitrogens with zero attached hydrogens (tertiary/aromatic N) is 1. The number of esters is 1. The highest BCUT2D eigenvalue weighted by molar-refractivity contribution is 6.36. The molecule has 0 aliphatic rings. The van der Waals surface area contributed by atoms with E-state index in [1.165, 1.54) is 13.2 Å². The van der Waals surface area contributed by atoms with Gasteiger partial charge in [-0.25, -0.2) is 4.79 Å². The van der Waals surface area contributed by atoms with Gasteiger partial charge in [0.25, 0.3) is 5.91 Å². The van der Waals surface area contributed by atoms with Gasteiger partial charge in [-0.3, -0.25) is 9.89 Å². The Bertz CT molecular complexity index is 953. The number of halogens is 2. The number of aromatic amines is 1. The average Bonchev–Trinajstić information content (AvgIpc) is 2.99. The van der Waals surface area contributed by atoms with E-state index in [9.17, 15) is 9.59 Å². The van der Waals surface area contributed by atoms with E-state index in [1.54, 1.807) is 30.3 Å². The van der Waals surface area contributed by atoms with Crippen LogP contribution in [0.25, 0.3) is 10.9 Å². The molecule has 0 aliphatic heterocycles. The zero-order chi connectivity index (χ0) is 17.3. The molecule has 122 valence electrons. The SMILES string of the molecule is COC(=O)c1n[nH]c2ccc(NC(=O)c3cc(Cl)ccc3Cl)cc12. The van der Waals surface area contributed by atoms with Gasteiger partial charge in [-0.05, 0) is 36.4 Å². The summed E-state index contributed by atoms with van der Waals surface area (Å²) in [6, 6.07) is 9.63. The smallest absolute Gasteiger partial charge is 0.359 e. The number of hydrogen-bond donors (Lipinski definition) is 2. The van der Waals surface area contributed by atoms with E-state index in [1.807, 2.05) is 0 Å². The lowest BCUT2D eigenvalue weighted by molar-refractivity contribution is 0.0596. The Hall–Kier alpha value is -2.57. The lowest BCUT2D eigenvalue weighted by atomic mass is 10.1. The van der Waals surface area contributed by atoms with Crippen molar-refractivity contribution in [3.63, 3.8) is 0 Å². The molecule has 3 rings (SSSR count). The number of amides is 1. The van der Waals surface area contributed by atoms with Crippen molar-refractivity contribution in [2.75, 3.05) is 12.4 Å². The molecule has 0 fully saturated rings. The summed E-state index contributed by atoms with van der Waals surface area (Å²) in [5.41, 5.74) is 1.53. The van der Waals surface area contributed by atoms with E-state index < -0.39 is 11.9 Å². The third kappa shape index (κ3) is 3.06. The van der Waals surface area contributed by atoms with Gasteiger partial charge in [-0.1, -0.05) is 23.2 Å². The molecule has 0 atom stereocenters. The Morgan fingerprint density at radius 3 is 2.71 bits per heavy atom. The second-order valence-corrected chi connectivity index (χ2v) is 5.75. The van der Waals surface area contributed by atoms with Crippen LogP contribution in [0.4, 0.5) is 5.69 Å². The van der Waals surface area contributed by atoms with Gasteiger partial charge in [0.15, 0.2) is 5.69 Å². The molecule has 8 heteroatoms. The highest BCUT2D eigenvalue weighted by atomic mass is 35.5. The number of fused-ring (bicyclic) bond motifs is 1. The molecule has 0 bridgehead atoms. The van der Waals surface area contributed by atoms with Crippen molar-refractivity contribution in [1.29, 1.82) is 0 Å². The van der Waals surface area contributed by atoms with Gasteiger partial charge in [0.05, 0.1) is 23.2 Å². The second kappa shape index (κ2) is 6.51. The Labute approximate surface area is 146 Å². The maximum absolute atomic E-state index is 12.4. The van der Waals surface area contributed by atoms with Crippen molar-refractivity contribution in [2.45, 2.75) is 0 Å². The molecule has 2 N–H and O–H groups in total. The number of hydrogen-bond acceptors (Lipinski definition) is 4. The minimum absolute atomic E-state index is 0.143. The molecule has 0 aliphatic carbocycles. The molecule has 1 heterocycles. The number of rotatable bonds is 3. The minimum atomic E-state index is -0.567. The van der Waals surface area contributed by atoms with Crippen molar-refractivity contribution in [3.05, 3.63) is 57.7 Å². The molecule has 1 amide bonds. The first-order valence-corrected chi connectivity index (χ1v) is 7.58. The predicted molar refractivity (Wildman–Crippen MR) is 91.8 cm³/mol. The summed E-state index contributed by atoms with van der Waals surface area (Å²) in [7, 11) is 1.27. The van der Waals surface area contributed by atoms with E-state index in [-0.39, 0.29) is 16.3 Å². The molecule has 2 aromatic carbocycles. The first-order valence-electron chi connectivity index (χ1n) is 6.82. The van der Waals surface area contributed by atoms with Crippen LogP contribution in [-0.4, -0.2) is 29.2 Å². The topological polar surface area (TPSA) is 84.1 Å². The van der Waals surface area contributed by atoms with Crippen molar-refractivity contribution in [2.24, 2.45) is 0 Å². The summed E-state index contributed by atoms with van der Waals surface area (Å²) >= 11 is 11.9. The number of aromatic nitrogens is 2. The molecule has 0 unspecified atom stereocenters. The zero-order valence-corrected chi connectivity index (χ0v) is 13.9. The van der Waals surface area contributed by atoms with Crippen LogP contribution in [0.15, 0.2) is 36.4 Å². The fraction of sp³-hybridized carbons (Fsp3) is 0.0625. The van der Waals surface area contributed by atoms with Crippen LogP contribution in [0.2, 0.25) is 10.0 Å². The van der Waals surface area contributed by atoms with E-state index >= 15 is 0 Å². The number of nitrogens with one attached hydrogen (secondary N) is 2. The first kappa shape index (κ1) is 16.3. The summed E-state index contributed by atoms with van der Waals surface area (Å²) in [6.45, 7) is 0.